The molecule has 24 heavy (non-hydrogen) atoms. The highest BCUT2D eigenvalue weighted by atomic mass is 16.3. The number of aryl methyl sites for hydroxylation is 1. The molecule has 3 fully saturated rings. The van der Waals surface area contributed by atoms with Crippen molar-refractivity contribution in [2.45, 2.75) is 32.4 Å². The lowest BCUT2D eigenvalue weighted by molar-refractivity contribution is 0.0578. The van der Waals surface area contributed by atoms with E-state index >= 15 is 0 Å². The van der Waals surface area contributed by atoms with Crippen LogP contribution in [0.2, 0.25) is 0 Å². The molecule has 0 spiro atoms. The fourth-order valence-corrected chi connectivity index (χ4v) is 4.05. The third-order valence-electron chi connectivity index (χ3n) is 5.25. The second-order valence-corrected chi connectivity index (χ2v) is 6.99. The van der Waals surface area contributed by atoms with Gasteiger partial charge in [-0.25, -0.2) is 4.98 Å². The summed E-state index contributed by atoms with van der Waals surface area (Å²) < 4.78 is 5.22. The number of carbonyl (C=O) groups is 1. The normalized spacial score (nSPS) is 24.1. The van der Waals surface area contributed by atoms with E-state index in [1.165, 1.54) is 18.4 Å². The summed E-state index contributed by atoms with van der Waals surface area (Å²) in [4.78, 5) is 21.5. The molecule has 0 unspecified atom stereocenters. The molecule has 5 nitrogen and oxygen atoms in total. The number of benzene rings is 1. The van der Waals surface area contributed by atoms with Crippen LogP contribution in [0.5, 0.6) is 0 Å². The molecule has 4 heterocycles. The van der Waals surface area contributed by atoms with Gasteiger partial charge in [0.05, 0.1) is 0 Å². The molecule has 2 atom stereocenters. The minimum absolute atomic E-state index is 0.0255. The molecule has 1 aromatic carbocycles. The number of hydrogen-bond acceptors (Lipinski definition) is 4. The average molecular weight is 325 g/mol. The Balaban J connectivity index is 1.51. The van der Waals surface area contributed by atoms with Gasteiger partial charge >= 0.3 is 0 Å². The van der Waals surface area contributed by atoms with Crippen LogP contribution >= 0.6 is 0 Å². The van der Waals surface area contributed by atoms with Crippen LogP contribution in [0, 0.1) is 12.8 Å². The fourth-order valence-electron chi connectivity index (χ4n) is 4.05. The van der Waals surface area contributed by atoms with E-state index in [1.807, 2.05) is 4.90 Å². The second kappa shape index (κ2) is 6.40. The van der Waals surface area contributed by atoms with Gasteiger partial charge in [0.15, 0.2) is 12.1 Å². The molecular weight excluding hydrogens is 302 g/mol. The van der Waals surface area contributed by atoms with Gasteiger partial charge in [-0.1, -0.05) is 30.3 Å². The first-order valence-electron chi connectivity index (χ1n) is 8.68. The van der Waals surface area contributed by atoms with Crippen LogP contribution in [0.4, 0.5) is 0 Å². The van der Waals surface area contributed by atoms with Gasteiger partial charge in [-0.2, -0.15) is 0 Å². The van der Waals surface area contributed by atoms with Crippen molar-refractivity contribution in [2.24, 2.45) is 5.92 Å². The third kappa shape index (κ3) is 2.96. The Morgan fingerprint density at radius 2 is 2.04 bits per heavy atom. The maximum absolute atomic E-state index is 12.9. The van der Waals surface area contributed by atoms with Gasteiger partial charge in [-0.3, -0.25) is 9.69 Å². The molecule has 2 bridgehead atoms. The maximum Gasteiger partial charge on any atom is 0.276 e. The number of oxazole rings is 1. The van der Waals surface area contributed by atoms with Crippen LogP contribution in [0.25, 0.3) is 0 Å². The Kier molecular flexibility index (Phi) is 4.10. The van der Waals surface area contributed by atoms with Crippen molar-refractivity contribution in [3.8, 4) is 0 Å². The van der Waals surface area contributed by atoms with E-state index in [1.54, 1.807) is 6.92 Å². The molecule has 0 aliphatic carbocycles. The number of hydrogen-bond donors (Lipinski definition) is 0. The summed E-state index contributed by atoms with van der Waals surface area (Å²) in [6.45, 7) is 5.60. The molecule has 126 valence electrons. The van der Waals surface area contributed by atoms with Gasteiger partial charge in [0, 0.05) is 32.2 Å². The number of carbonyl (C=O) groups excluding carboxylic acids is 1. The van der Waals surface area contributed by atoms with E-state index in [0.29, 0.717) is 17.4 Å². The highest BCUT2D eigenvalue weighted by Gasteiger charge is 2.38. The highest BCUT2D eigenvalue weighted by Crippen LogP contribution is 2.30. The number of nitrogens with zero attached hydrogens (tertiary/aromatic N) is 3. The topological polar surface area (TPSA) is 49.6 Å². The molecule has 1 aromatic heterocycles. The van der Waals surface area contributed by atoms with E-state index in [9.17, 15) is 4.79 Å². The summed E-state index contributed by atoms with van der Waals surface area (Å²) in [6.07, 6.45) is 3.65. The molecule has 0 N–H and O–H groups in total. The lowest BCUT2D eigenvalue weighted by atomic mass is 9.94. The quantitative estimate of drug-likeness (QED) is 0.871. The van der Waals surface area contributed by atoms with Crippen molar-refractivity contribution in [2.75, 3.05) is 19.6 Å². The van der Waals surface area contributed by atoms with Crippen LogP contribution in [0.3, 0.4) is 0 Å². The Morgan fingerprint density at radius 3 is 2.79 bits per heavy atom. The Labute approximate surface area is 142 Å². The van der Waals surface area contributed by atoms with Crippen molar-refractivity contribution in [1.82, 2.24) is 14.8 Å². The summed E-state index contributed by atoms with van der Waals surface area (Å²) in [7, 11) is 0. The number of amides is 1. The molecule has 3 aliphatic heterocycles. The zero-order chi connectivity index (χ0) is 16.5. The van der Waals surface area contributed by atoms with E-state index in [4.69, 9.17) is 4.42 Å². The van der Waals surface area contributed by atoms with Gasteiger partial charge < -0.3 is 9.32 Å². The maximum atomic E-state index is 12.9. The summed E-state index contributed by atoms with van der Waals surface area (Å²) in [5.41, 5.74) is 1.81. The zero-order valence-corrected chi connectivity index (χ0v) is 14.0. The Bertz CT molecular complexity index is 712. The lowest BCUT2D eigenvalue weighted by Gasteiger charge is -2.35. The van der Waals surface area contributed by atoms with Gasteiger partial charge in [0.2, 0.25) is 0 Å². The summed E-state index contributed by atoms with van der Waals surface area (Å²) in [5.74, 6) is 1.18. The van der Waals surface area contributed by atoms with Crippen LogP contribution in [0.1, 0.15) is 34.7 Å². The minimum Gasteiger partial charge on any atom is -0.448 e. The molecule has 5 heteroatoms. The number of piperidine rings is 1. The third-order valence-corrected chi connectivity index (χ3v) is 5.25. The first-order chi connectivity index (χ1) is 11.7. The molecule has 2 aromatic rings. The van der Waals surface area contributed by atoms with Crippen molar-refractivity contribution >= 4 is 5.91 Å². The molecule has 5 rings (SSSR count). The van der Waals surface area contributed by atoms with Gasteiger partial charge in [0.25, 0.3) is 5.91 Å². The molecule has 3 aliphatic rings. The Morgan fingerprint density at radius 1 is 1.21 bits per heavy atom. The van der Waals surface area contributed by atoms with Crippen molar-refractivity contribution < 1.29 is 9.21 Å². The smallest absolute Gasteiger partial charge is 0.276 e. The first-order valence-corrected chi connectivity index (χ1v) is 8.68. The van der Waals surface area contributed by atoms with E-state index in [2.05, 4.69) is 40.2 Å². The van der Waals surface area contributed by atoms with E-state index in [0.717, 1.165) is 32.6 Å². The molecular formula is C19H23N3O2. The van der Waals surface area contributed by atoms with Crippen LogP contribution < -0.4 is 0 Å². The van der Waals surface area contributed by atoms with Crippen LogP contribution in [-0.2, 0) is 6.54 Å². The van der Waals surface area contributed by atoms with Gasteiger partial charge in [0.1, 0.15) is 5.76 Å². The first kappa shape index (κ1) is 15.4. The number of rotatable bonds is 3. The molecule has 0 radical (unpaired) electrons. The van der Waals surface area contributed by atoms with Crippen molar-refractivity contribution in [3.05, 3.63) is 53.7 Å². The molecule has 1 amide bonds. The van der Waals surface area contributed by atoms with Crippen molar-refractivity contribution in [3.63, 3.8) is 0 Å². The molecule has 3 saturated heterocycles. The summed E-state index contributed by atoms with van der Waals surface area (Å²) >= 11 is 0. The number of fused-ring (bicyclic) bond motifs is 4. The van der Waals surface area contributed by atoms with Crippen molar-refractivity contribution in [1.29, 1.82) is 0 Å². The van der Waals surface area contributed by atoms with Gasteiger partial charge in [-0.05, 0) is 31.2 Å². The van der Waals surface area contributed by atoms with Crippen LogP contribution in [-0.4, -0.2) is 46.4 Å². The Hall–Kier alpha value is -2.14. The monoisotopic (exact) mass is 325 g/mol. The zero-order valence-electron chi connectivity index (χ0n) is 14.0. The molecule has 0 saturated carbocycles. The SMILES string of the molecule is Cc1ocnc1C(=O)N1C[C@H]2CC[C@@H]1CN(Cc1ccccc1)C2. The lowest BCUT2D eigenvalue weighted by Crippen LogP contribution is -2.47. The minimum atomic E-state index is 0.0255. The van der Waals surface area contributed by atoms with E-state index in [-0.39, 0.29) is 11.9 Å². The van der Waals surface area contributed by atoms with E-state index < -0.39 is 0 Å². The predicted octanol–water partition coefficient (Wildman–Crippen LogP) is 2.72. The van der Waals surface area contributed by atoms with Gasteiger partial charge in [-0.15, -0.1) is 0 Å². The van der Waals surface area contributed by atoms with Crippen LogP contribution in [0.15, 0.2) is 41.1 Å². The summed E-state index contributed by atoms with van der Waals surface area (Å²) in [6, 6.07) is 10.9. The summed E-state index contributed by atoms with van der Waals surface area (Å²) in [5, 5.41) is 0. The second-order valence-electron chi connectivity index (χ2n) is 6.99. The predicted molar refractivity (Wildman–Crippen MR) is 90.5 cm³/mol. The average Bonchev–Trinajstić information content (AvgIpc) is 2.83. The number of aromatic nitrogens is 1. The fraction of sp³-hybridized carbons (Fsp3) is 0.474. The highest BCUT2D eigenvalue weighted by molar-refractivity contribution is 5.93. The largest absolute Gasteiger partial charge is 0.448 e. The standard InChI is InChI=1S/C19H23N3O2/c1-14-18(20-13-24-14)19(23)22-11-16-7-8-17(22)12-21(10-16)9-15-5-3-2-4-6-15/h2-6,13,16-17H,7-12H2,1H3/t16-,17+/m0/s1.